The van der Waals surface area contributed by atoms with Gasteiger partial charge in [-0.25, -0.2) is 18.1 Å². The van der Waals surface area contributed by atoms with Crippen LogP contribution in [0.1, 0.15) is 25.3 Å². The smallest absolute Gasteiger partial charge is 0.256 e. The molecule has 0 fully saturated rings. The van der Waals surface area contributed by atoms with Crippen LogP contribution in [0.15, 0.2) is 57.8 Å². The Bertz CT molecular complexity index is 1240. The van der Waals surface area contributed by atoms with Gasteiger partial charge in [0.2, 0.25) is 0 Å². The van der Waals surface area contributed by atoms with E-state index in [2.05, 4.69) is 14.2 Å². The summed E-state index contributed by atoms with van der Waals surface area (Å²) in [5.74, 6) is 0.285. The summed E-state index contributed by atoms with van der Waals surface area (Å²) in [6.07, 6.45) is 1.54. The average Bonchev–Trinajstić information content (AvgIpc) is 3.32. The largest absolute Gasteiger partial charge is 0.309 e. The van der Waals surface area contributed by atoms with Crippen molar-refractivity contribution in [2.24, 2.45) is 4.40 Å². The van der Waals surface area contributed by atoms with Crippen molar-refractivity contribution in [3.8, 4) is 0 Å². The molecule has 1 aliphatic heterocycles. The van der Waals surface area contributed by atoms with Crippen LogP contribution in [0.25, 0.3) is 10.1 Å². The highest BCUT2D eigenvalue weighted by atomic mass is 35.5. The molecule has 11 heteroatoms. The maximum absolute atomic E-state index is 13.5. The summed E-state index contributed by atoms with van der Waals surface area (Å²) in [7, 11) is -3.84. The lowest BCUT2D eigenvalue weighted by molar-refractivity contribution is 0.306. The molecule has 0 bridgehead atoms. The van der Waals surface area contributed by atoms with Crippen molar-refractivity contribution in [3.63, 3.8) is 0 Å². The number of thiophene rings is 1. The molecular formula is C19H18ClN3O4S3. The van der Waals surface area contributed by atoms with Gasteiger partial charge >= 0.3 is 11.3 Å². The number of anilines is 1. The van der Waals surface area contributed by atoms with E-state index in [0.29, 0.717) is 28.6 Å². The highest BCUT2D eigenvalue weighted by Gasteiger charge is 2.29. The van der Waals surface area contributed by atoms with Crippen molar-refractivity contribution < 1.29 is 16.9 Å². The van der Waals surface area contributed by atoms with E-state index in [4.69, 9.17) is 11.6 Å². The van der Waals surface area contributed by atoms with Crippen molar-refractivity contribution in [1.29, 1.82) is 0 Å². The summed E-state index contributed by atoms with van der Waals surface area (Å²) in [5, 5.41) is 1.79. The summed E-state index contributed by atoms with van der Waals surface area (Å²) in [6, 6.07) is 13.8. The van der Waals surface area contributed by atoms with Gasteiger partial charge in [-0.15, -0.1) is 15.7 Å². The average molecular weight is 484 g/mol. The van der Waals surface area contributed by atoms with Crippen LogP contribution in [0.4, 0.5) is 5.00 Å². The SMILES string of the molecule is CCCCN(c1sc2ccccc2c1Cl)S(=O)(=O)c1ccc(C2=NS(=O)ON2)cc1. The number of sulfonamides is 1. The molecule has 0 radical (unpaired) electrons. The Labute approximate surface area is 186 Å². The predicted octanol–water partition coefficient (Wildman–Crippen LogP) is 4.41. The minimum atomic E-state index is -3.84. The van der Waals surface area contributed by atoms with Crippen molar-refractivity contribution in [2.75, 3.05) is 10.8 Å². The van der Waals surface area contributed by atoms with Gasteiger partial charge in [0.1, 0.15) is 5.00 Å². The van der Waals surface area contributed by atoms with Gasteiger partial charge in [0.05, 0.1) is 9.92 Å². The Balaban J connectivity index is 1.73. The van der Waals surface area contributed by atoms with E-state index in [1.165, 1.54) is 27.8 Å². The third kappa shape index (κ3) is 3.97. The van der Waals surface area contributed by atoms with Gasteiger partial charge in [-0.2, -0.15) is 4.28 Å². The van der Waals surface area contributed by atoms with Gasteiger partial charge in [0, 0.05) is 22.2 Å². The summed E-state index contributed by atoms with van der Waals surface area (Å²) in [6.45, 7) is 2.33. The molecule has 7 nitrogen and oxygen atoms in total. The van der Waals surface area contributed by atoms with Crippen molar-refractivity contribution in [3.05, 3.63) is 59.1 Å². The van der Waals surface area contributed by atoms with Gasteiger partial charge < -0.3 is 0 Å². The van der Waals surface area contributed by atoms with Crippen LogP contribution in [0.2, 0.25) is 5.02 Å². The van der Waals surface area contributed by atoms with E-state index >= 15 is 0 Å². The zero-order valence-corrected chi connectivity index (χ0v) is 19.1. The Morgan fingerprint density at radius 2 is 1.93 bits per heavy atom. The molecule has 30 heavy (non-hydrogen) atoms. The van der Waals surface area contributed by atoms with E-state index in [0.717, 1.165) is 16.5 Å². The second kappa shape index (κ2) is 8.64. The maximum atomic E-state index is 13.5. The van der Waals surface area contributed by atoms with Crippen LogP contribution in [0, 0.1) is 0 Å². The third-order valence-electron chi connectivity index (χ3n) is 4.55. The molecule has 1 N–H and O–H groups in total. The number of fused-ring (bicyclic) bond motifs is 1. The minimum absolute atomic E-state index is 0.136. The molecule has 0 saturated carbocycles. The van der Waals surface area contributed by atoms with E-state index in [9.17, 15) is 12.6 Å². The lowest BCUT2D eigenvalue weighted by Crippen LogP contribution is -2.31. The number of nitrogens with zero attached hydrogens (tertiary/aromatic N) is 2. The van der Waals surface area contributed by atoms with Gasteiger partial charge in [-0.3, -0.25) is 4.31 Å². The van der Waals surface area contributed by atoms with Crippen LogP contribution < -0.4 is 9.79 Å². The zero-order chi connectivity index (χ0) is 21.3. The normalized spacial score (nSPS) is 16.5. The maximum Gasteiger partial charge on any atom is 0.309 e. The summed E-state index contributed by atoms with van der Waals surface area (Å²) < 4.78 is 49.0. The second-order valence-electron chi connectivity index (χ2n) is 6.51. The van der Waals surface area contributed by atoms with E-state index < -0.39 is 21.3 Å². The first-order valence-electron chi connectivity index (χ1n) is 9.16. The fourth-order valence-corrected chi connectivity index (χ4v) is 6.82. The summed E-state index contributed by atoms with van der Waals surface area (Å²) in [4.78, 5) is 0.136. The van der Waals surface area contributed by atoms with Crippen molar-refractivity contribution in [2.45, 2.75) is 24.7 Å². The zero-order valence-electron chi connectivity index (χ0n) is 15.9. The molecule has 2 heterocycles. The lowest BCUT2D eigenvalue weighted by Gasteiger charge is -2.23. The van der Waals surface area contributed by atoms with Crippen LogP contribution in [-0.4, -0.2) is 25.0 Å². The lowest BCUT2D eigenvalue weighted by atomic mass is 10.2. The molecule has 1 aliphatic rings. The highest BCUT2D eigenvalue weighted by Crippen LogP contribution is 2.43. The van der Waals surface area contributed by atoms with Crippen molar-refractivity contribution >= 4 is 65.2 Å². The first-order valence-corrected chi connectivity index (χ1v) is 12.8. The van der Waals surface area contributed by atoms with Gasteiger partial charge in [-0.05, 0) is 36.8 Å². The quantitative estimate of drug-likeness (QED) is 0.537. The fourth-order valence-electron chi connectivity index (χ4n) is 3.00. The van der Waals surface area contributed by atoms with Crippen LogP contribution >= 0.6 is 22.9 Å². The molecule has 1 unspecified atom stereocenters. The number of amidine groups is 1. The number of unbranched alkanes of at least 4 members (excludes halogenated alkanes) is 1. The van der Waals surface area contributed by atoms with Gasteiger partial charge in [0.25, 0.3) is 10.0 Å². The molecular weight excluding hydrogens is 466 g/mol. The van der Waals surface area contributed by atoms with Crippen LogP contribution in [0.5, 0.6) is 0 Å². The number of hydrogen-bond acceptors (Lipinski definition) is 6. The Hall–Kier alpha value is -1.98. The number of hydrogen-bond donors (Lipinski definition) is 1. The summed E-state index contributed by atoms with van der Waals surface area (Å²) in [5.41, 5.74) is 3.02. The predicted molar refractivity (Wildman–Crippen MR) is 122 cm³/mol. The topological polar surface area (TPSA) is 88.1 Å². The first-order chi connectivity index (χ1) is 14.4. The number of halogens is 1. The molecule has 1 atom stereocenters. The van der Waals surface area contributed by atoms with Crippen molar-refractivity contribution in [1.82, 2.24) is 5.48 Å². The number of nitrogens with one attached hydrogen (secondary N) is 1. The molecule has 2 aromatic carbocycles. The van der Waals surface area contributed by atoms with Crippen LogP contribution in [0.3, 0.4) is 0 Å². The fraction of sp³-hybridized carbons (Fsp3) is 0.211. The number of rotatable bonds is 7. The molecule has 0 aliphatic carbocycles. The standard InChI is InChI=1S/C19H18ClN3O4S3/c1-2-3-12-23(19-17(20)15-6-4-5-7-16(15)28-19)30(25,26)14-10-8-13(9-11-14)18-21-27-29(24)22-18/h4-11H,2-3,12H2,1H3,(H,21,22). The third-order valence-corrected chi connectivity index (χ3v) is 8.73. The molecule has 0 spiro atoms. The van der Waals surface area contributed by atoms with E-state index in [1.54, 1.807) is 12.1 Å². The Morgan fingerprint density at radius 3 is 2.57 bits per heavy atom. The Morgan fingerprint density at radius 1 is 1.20 bits per heavy atom. The number of hydroxylamine groups is 1. The molecule has 0 amide bonds. The molecule has 0 saturated heterocycles. The van der Waals surface area contributed by atoms with Gasteiger partial charge in [0.15, 0.2) is 5.84 Å². The number of benzene rings is 2. The summed E-state index contributed by atoms with van der Waals surface area (Å²) >= 11 is 6.16. The monoisotopic (exact) mass is 483 g/mol. The first kappa shape index (κ1) is 21.3. The molecule has 4 rings (SSSR count). The van der Waals surface area contributed by atoms with Gasteiger partial charge in [-0.1, -0.05) is 43.1 Å². The second-order valence-corrected chi connectivity index (χ2v) is 10.6. The van der Waals surface area contributed by atoms with E-state index in [-0.39, 0.29) is 10.7 Å². The minimum Gasteiger partial charge on any atom is -0.256 e. The molecule has 3 aromatic rings. The molecule has 1 aromatic heterocycles. The Kier molecular flexibility index (Phi) is 6.12. The van der Waals surface area contributed by atoms with E-state index in [1.807, 2.05) is 31.2 Å². The van der Waals surface area contributed by atoms with Crippen LogP contribution in [-0.2, 0) is 25.6 Å². The highest BCUT2D eigenvalue weighted by molar-refractivity contribution is 7.93. The molecule has 158 valence electrons.